The number of benzene rings is 1. The third-order valence-corrected chi connectivity index (χ3v) is 5.25. The minimum absolute atomic E-state index is 0.0611. The first-order valence-electron chi connectivity index (χ1n) is 8.39. The Morgan fingerprint density at radius 2 is 1.96 bits per heavy atom. The molecule has 3 heterocycles. The van der Waals surface area contributed by atoms with Gasteiger partial charge in [-0.05, 0) is 49.6 Å². The first-order chi connectivity index (χ1) is 11.8. The second-order valence-electron chi connectivity index (χ2n) is 6.37. The molecule has 5 nitrogen and oxygen atoms in total. The van der Waals surface area contributed by atoms with Gasteiger partial charge in [0.1, 0.15) is 5.76 Å². The van der Waals surface area contributed by atoms with E-state index in [9.17, 15) is 0 Å². The molecule has 0 saturated carbocycles. The molecule has 1 aromatic heterocycles. The number of methoxy groups -OCH3 is 3. The predicted molar refractivity (Wildman–Crippen MR) is 90.1 cm³/mol. The van der Waals surface area contributed by atoms with Crippen LogP contribution in [0.4, 0.5) is 0 Å². The van der Waals surface area contributed by atoms with Crippen LogP contribution in [0, 0.1) is 0 Å². The molecule has 5 heteroatoms. The maximum atomic E-state index is 5.80. The number of hydrogen-bond acceptors (Lipinski definition) is 5. The van der Waals surface area contributed by atoms with Gasteiger partial charge in [-0.3, -0.25) is 4.90 Å². The molecule has 128 valence electrons. The summed E-state index contributed by atoms with van der Waals surface area (Å²) in [6, 6.07) is 6.69. The molecule has 2 aromatic rings. The lowest BCUT2D eigenvalue weighted by molar-refractivity contribution is 0.165. The molecule has 1 fully saturated rings. The van der Waals surface area contributed by atoms with E-state index in [0.29, 0.717) is 11.8 Å². The van der Waals surface area contributed by atoms with E-state index in [2.05, 4.69) is 11.0 Å². The van der Waals surface area contributed by atoms with Gasteiger partial charge in [-0.1, -0.05) is 0 Å². The van der Waals surface area contributed by atoms with Crippen LogP contribution in [0.5, 0.6) is 17.2 Å². The number of fused-ring (bicyclic) bond motifs is 2. The topological polar surface area (TPSA) is 44.1 Å². The predicted octanol–water partition coefficient (Wildman–Crippen LogP) is 3.42. The largest absolute Gasteiger partial charge is 0.493 e. The number of hydrogen-bond donors (Lipinski definition) is 0. The Morgan fingerprint density at radius 1 is 1.12 bits per heavy atom. The SMILES string of the molecule is COc1cc2c(c(OC)c1OC)[C@@H](c1ccco1)N1CCC[C@H]1C2. The van der Waals surface area contributed by atoms with Gasteiger partial charge in [0, 0.05) is 11.6 Å². The summed E-state index contributed by atoms with van der Waals surface area (Å²) < 4.78 is 22.7. The van der Waals surface area contributed by atoms with Crippen molar-refractivity contribution >= 4 is 0 Å². The van der Waals surface area contributed by atoms with Crippen molar-refractivity contribution in [3.63, 3.8) is 0 Å². The van der Waals surface area contributed by atoms with E-state index < -0.39 is 0 Å². The van der Waals surface area contributed by atoms with Crippen molar-refractivity contribution in [2.24, 2.45) is 0 Å². The van der Waals surface area contributed by atoms with Crippen LogP contribution in [-0.4, -0.2) is 38.8 Å². The Bertz CT molecular complexity index is 725. The quantitative estimate of drug-likeness (QED) is 0.860. The van der Waals surface area contributed by atoms with E-state index in [1.54, 1.807) is 27.6 Å². The molecule has 0 unspecified atom stereocenters. The number of nitrogens with zero attached hydrogens (tertiary/aromatic N) is 1. The van der Waals surface area contributed by atoms with Crippen LogP contribution in [0.3, 0.4) is 0 Å². The third-order valence-electron chi connectivity index (χ3n) is 5.25. The second-order valence-corrected chi connectivity index (χ2v) is 6.37. The maximum absolute atomic E-state index is 5.80. The molecular formula is C19H23NO4. The van der Waals surface area contributed by atoms with Crippen molar-refractivity contribution in [3.05, 3.63) is 41.3 Å². The Morgan fingerprint density at radius 3 is 2.62 bits per heavy atom. The first-order valence-corrected chi connectivity index (χ1v) is 8.39. The van der Waals surface area contributed by atoms with Gasteiger partial charge >= 0.3 is 0 Å². The van der Waals surface area contributed by atoms with Crippen LogP contribution in [0.1, 0.15) is 35.8 Å². The Hall–Kier alpha value is -2.14. The molecule has 1 aromatic carbocycles. The highest BCUT2D eigenvalue weighted by Crippen LogP contribution is 2.51. The smallest absolute Gasteiger partial charge is 0.203 e. The van der Waals surface area contributed by atoms with Crippen LogP contribution in [0.15, 0.2) is 28.9 Å². The molecule has 2 atom stereocenters. The van der Waals surface area contributed by atoms with Gasteiger partial charge in [0.2, 0.25) is 5.75 Å². The molecule has 0 amide bonds. The summed E-state index contributed by atoms with van der Waals surface area (Å²) in [6.45, 7) is 1.08. The number of rotatable bonds is 4. The minimum Gasteiger partial charge on any atom is -0.493 e. The second kappa shape index (κ2) is 6.06. The minimum atomic E-state index is 0.0611. The molecule has 0 aliphatic carbocycles. The van der Waals surface area contributed by atoms with Crippen molar-refractivity contribution < 1.29 is 18.6 Å². The van der Waals surface area contributed by atoms with Gasteiger partial charge in [-0.2, -0.15) is 0 Å². The van der Waals surface area contributed by atoms with Crippen LogP contribution in [-0.2, 0) is 6.42 Å². The van der Waals surface area contributed by atoms with Crippen molar-refractivity contribution in [1.82, 2.24) is 4.90 Å². The molecule has 2 aliphatic rings. The summed E-state index contributed by atoms with van der Waals surface area (Å²) in [6.07, 6.45) is 5.17. The van der Waals surface area contributed by atoms with E-state index in [0.717, 1.165) is 35.8 Å². The molecule has 2 aliphatic heterocycles. The molecule has 0 spiro atoms. The lowest BCUT2D eigenvalue weighted by Crippen LogP contribution is -2.40. The first kappa shape index (κ1) is 15.4. The molecule has 0 radical (unpaired) electrons. The van der Waals surface area contributed by atoms with Crippen LogP contribution in [0.25, 0.3) is 0 Å². The van der Waals surface area contributed by atoms with Crippen molar-refractivity contribution in [2.75, 3.05) is 27.9 Å². The zero-order chi connectivity index (χ0) is 16.7. The summed E-state index contributed by atoms with van der Waals surface area (Å²) in [5, 5.41) is 0. The zero-order valence-corrected chi connectivity index (χ0v) is 14.4. The number of ether oxygens (including phenoxy) is 3. The van der Waals surface area contributed by atoms with E-state index in [1.165, 1.54) is 18.4 Å². The van der Waals surface area contributed by atoms with E-state index in [1.807, 2.05) is 12.1 Å². The monoisotopic (exact) mass is 329 g/mol. The van der Waals surface area contributed by atoms with E-state index in [4.69, 9.17) is 18.6 Å². The standard InChI is InChI=1S/C19H23NO4/c1-21-15-11-12-10-13-6-4-8-20(13)17(14-7-5-9-24-14)16(12)19(23-3)18(15)22-2/h5,7,9,11,13,17H,4,6,8,10H2,1-3H3/t13-,17+/m0/s1. The zero-order valence-electron chi connectivity index (χ0n) is 14.4. The van der Waals surface area contributed by atoms with E-state index >= 15 is 0 Å². The highest BCUT2D eigenvalue weighted by Gasteiger charge is 2.42. The van der Waals surface area contributed by atoms with Gasteiger partial charge in [-0.15, -0.1) is 0 Å². The molecule has 0 N–H and O–H groups in total. The van der Waals surface area contributed by atoms with Crippen molar-refractivity contribution in [3.8, 4) is 17.2 Å². The summed E-state index contributed by atoms with van der Waals surface area (Å²) in [5.41, 5.74) is 2.40. The normalized spacial score (nSPS) is 22.8. The fraction of sp³-hybridized carbons (Fsp3) is 0.474. The highest BCUT2D eigenvalue weighted by molar-refractivity contribution is 5.62. The maximum Gasteiger partial charge on any atom is 0.203 e. The Balaban J connectivity index is 1.96. The fourth-order valence-electron chi connectivity index (χ4n) is 4.29. The highest BCUT2D eigenvalue weighted by atomic mass is 16.5. The van der Waals surface area contributed by atoms with Gasteiger partial charge in [0.25, 0.3) is 0 Å². The van der Waals surface area contributed by atoms with Crippen LogP contribution in [0.2, 0.25) is 0 Å². The van der Waals surface area contributed by atoms with E-state index in [-0.39, 0.29) is 6.04 Å². The molecule has 24 heavy (non-hydrogen) atoms. The fourth-order valence-corrected chi connectivity index (χ4v) is 4.29. The Labute approximate surface area is 142 Å². The lowest BCUT2D eigenvalue weighted by Gasteiger charge is -2.39. The van der Waals surface area contributed by atoms with Gasteiger partial charge in [0.15, 0.2) is 11.5 Å². The summed E-state index contributed by atoms with van der Waals surface area (Å²) in [4.78, 5) is 2.54. The van der Waals surface area contributed by atoms with Crippen LogP contribution >= 0.6 is 0 Å². The summed E-state index contributed by atoms with van der Waals surface area (Å²) in [7, 11) is 5.00. The lowest BCUT2D eigenvalue weighted by atomic mass is 9.86. The summed E-state index contributed by atoms with van der Waals surface area (Å²) >= 11 is 0. The summed E-state index contributed by atoms with van der Waals surface area (Å²) in [5.74, 6) is 3.07. The molecule has 0 bridgehead atoms. The van der Waals surface area contributed by atoms with Gasteiger partial charge < -0.3 is 18.6 Å². The molecule has 1 saturated heterocycles. The third kappa shape index (κ3) is 2.18. The average molecular weight is 329 g/mol. The number of furan rings is 1. The molecule has 4 rings (SSSR count). The van der Waals surface area contributed by atoms with Crippen molar-refractivity contribution in [1.29, 1.82) is 0 Å². The van der Waals surface area contributed by atoms with Gasteiger partial charge in [-0.25, -0.2) is 0 Å². The average Bonchev–Trinajstić information content (AvgIpc) is 3.29. The van der Waals surface area contributed by atoms with Crippen LogP contribution < -0.4 is 14.2 Å². The van der Waals surface area contributed by atoms with Crippen molar-refractivity contribution in [2.45, 2.75) is 31.3 Å². The van der Waals surface area contributed by atoms with Gasteiger partial charge in [0.05, 0.1) is 33.6 Å². The molecular weight excluding hydrogens is 306 g/mol. The Kier molecular flexibility index (Phi) is 3.88.